The summed E-state index contributed by atoms with van der Waals surface area (Å²) in [7, 11) is 1.66. The molecule has 3 heteroatoms. The fourth-order valence-corrected chi connectivity index (χ4v) is 3.37. The molecule has 1 amide bonds. The summed E-state index contributed by atoms with van der Waals surface area (Å²) >= 11 is 0. The van der Waals surface area contributed by atoms with E-state index in [4.69, 9.17) is 4.74 Å². The summed E-state index contributed by atoms with van der Waals surface area (Å²) in [6.07, 6.45) is 18.0. The number of ether oxygens (including phenoxy) is 1. The first-order valence-corrected chi connectivity index (χ1v) is 11.2. The molecule has 0 saturated carbocycles. The summed E-state index contributed by atoms with van der Waals surface area (Å²) in [5.41, 5.74) is 1.08. The zero-order valence-electron chi connectivity index (χ0n) is 17.7. The predicted molar refractivity (Wildman–Crippen MR) is 115 cm³/mol. The lowest BCUT2D eigenvalue weighted by molar-refractivity contribution is -0.121. The summed E-state index contributed by atoms with van der Waals surface area (Å²) in [4.78, 5) is 11.9. The lowest BCUT2D eigenvalue weighted by Gasteiger charge is -2.07. The van der Waals surface area contributed by atoms with E-state index < -0.39 is 0 Å². The molecule has 0 atom stereocenters. The van der Waals surface area contributed by atoms with Crippen LogP contribution in [0.3, 0.4) is 0 Å². The third-order valence-electron chi connectivity index (χ3n) is 5.13. The van der Waals surface area contributed by atoms with Crippen molar-refractivity contribution in [3.05, 3.63) is 29.8 Å². The molecule has 3 nitrogen and oxygen atoms in total. The number of nitrogens with one attached hydrogen (secondary N) is 1. The Labute approximate surface area is 167 Å². The predicted octanol–water partition coefficient (Wildman–Crippen LogP) is 6.79. The second kappa shape index (κ2) is 16.6. The maximum absolute atomic E-state index is 11.9. The molecule has 0 unspecified atom stereocenters. The second-order valence-electron chi connectivity index (χ2n) is 7.62. The SMILES string of the molecule is CCCCCCCCCCCCCCCC(=O)NCc1cccc(OC)c1. The van der Waals surface area contributed by atoms with Crippen molar-refractivity contribution in [3.8, 4) is 5.75 Å². The zero-order chi connectivity index (χ0) is 19.6. The number of rotatable bonds is 17. The molecule has 0 fully saturated rings. The summed E-state index contributed by atoms with van der Waals surface area (Å²) < 4.78 is 5.20. The lowest BCUT2D eigenvalue weighted by Crippen LogP contribution is -2.22. The van der Waals surface area contributed by atoms with Crippen molar-refractivity contribution in [1.29, 1.82) is 0 Å². The number of hydrogen-bond acceptors (Lipinski definition) is 2. The molecule has 1 N–H and O–H groups in total. The Morgan fingerprint density at radius 3 is 1.96 bits per heavy atom. The Bertz CT molecular complexity index is 487. The van der Waals surface area contributed by atoms with Crippen molar-refractivity contribution >= 4 is 5.91 Å². The quantitative estimate of drug-likeness (QED) is 0.304. The van der Waals surface area contributed by atoms with Crippen LogP contribution in [0.1, 0.15) is 102 Å². The Morgan fingerprint density at radius 2 is 1.41 bits per heavy atom. The molecule has 154 valence electrons. The van der Waals surface area contributed by atoms with Gasteiger partial charge < -0.3 is 10.1 Å². The van der Waals surface area contributed by atoms with E-state index in [-0.39, 0.29) is 5.91 Å². The average molecular weight is 376 g/mol. The Kier molecular flexibility index (Phi) is 14.5. The molecule has 0 saturated heterocycles. The van der Waals surface area contributed by atoms with Crippen LogP contribution in [0.15, 0.2) is 24.3 Å². The van der Waals surface area contributed by atoms with E-state index >= 15 is 0 Å². The number of unbranched alkanes of at least 4 members (excludes halogenated alkanes) is 12. The normalized spacial score (nSPS) is 10.7. The van der Waals surface area contributed by atoms with Crippen LogP contribution in [-0.4, -0.2) is 13.0 Å². The van der Waals surface area contributed by atoms with Gasteiger partial charge in [-0.3, -0.25) is 4.79 Å². The highest BCUT2D eigenvalue weighted by Gasteiger charge is 2.02. The number of carbonyl (C=O) groups excluding carboxylic acids is 1. The highest BCUT2D eigenvalue weighted by Crippen LogP contribution is 2.14. The van der Waals surface area contributed by atoms with Gasteiger partial charge in [-0.1, -0.05) is 96.1 Å². The van der Waals surface area contributed by atoms with Gasteiger partial charge in [-0.15, -0.1) is 0 Å². The molecule has 1 aromatic carbocycles. The molecule has 27 heavy (non-hydrogen) atoms. The van der Waals surface area contributed by atoms with Crippen LogP contribution in [0.4, 0.5) is 0 Å². The summed E-state index contributed by atoms with van der Waals surface area (Å²) in [5, 5.41) is 3.00. The number of hydrogen-bond donors (Lipinski definition) is 1. The van der Waals surface area contributed by atoms with Gasteiger partial charge in [-0.05, 0) is 24.1 Å². The number of methoxy groups -OCH3 is 1. The van der Waals surface area contributed by atoms with Gasteiger partial charge >= 0.3 is 0 Å². The molecule has 0 aliphatic rings. The number of carbonyl (C=O) groups is 1. The van der Waals surface area contributed by atoms with Crippen molar-refractivity contribution in [2.75, 3.05) is 7.11 Å². The molecular formula is C24H41NO2. The summed E-state index contributed by atoms with van der Waals surface area (Å²) in [6, 6.07) is 7.84. The van der Waals surface area contributed by atoms with E-state index in [1.807, 2.05) is 24.3 Å². The van der Waals surface area contributed by atoms with Crippen LogP contribution >= 0.6 is 0 Å². The van der Waals surface area contributed by atoms with E-state index in [2.05, 4.69) is 12.2 Å². The molecule has 1 aromatic rings. The zero-order valence-corrected chi connectivity index (χ0v) is 17.7. The minimum Gasteiger partial charge on any atom is -0.497 e. The van der Waals surface area contributed by atoms with E-state index in [0.29, 0.717) is 13.0 Å². The van der Waals surface area contributed by atoms with Gasteiger partial charge in [0.1, 0.15) is 5.75 Å². The molecular weight excluding hydrogens is 334 g/mol. The maximum atomic E-state index is 11.9. The van der Waals surface area contributed by atoms with Gasteiger partial charge in [-0.25, -0.2) is 0 Å². The molecule has 0 bridgehead atoms. The van der Waals surface area contributed by atoms with Crippen LogP contribution in [0, 0.1) is 0 Å². The first-order chi connectivity index (χ1) is 13.3. The van der Waals surface area contributed by atoms with Gasteiger partial charge in [0, 0.05) is 13.0 Å². The summed E-state index contributed by atoms with van der Waals surface area (Å²) in [6.45, 7) is 2.85. The van der Waals surface area contributed by atoms with E-state index in [1.165, 1.54) is 77.0 Å². The minimum atomic E-state index is 0.154. The van der Waals surface area contributed by atoms with E-state index in [0.717, 1.165) is 17.7 Å². The molecule has 0 heterocycles. The minimum absolute atomic E-state index is 0.154. The second-order valence-corrected chi connectivity index (χ2v) is 7.62. The third-order valence-corrected chi connectivity index (χ3v) is 5.13. The van der Waals surface area contributed by atoms with E-state index in [9.17, 15) is 4.79 Å². The molecule has 0 aliphatic heterocycles. The van der Waals surface area contributed by atoms with Gasteiger partial charge in [0.15, 0.2) is 0 Å². The largest absolute Gasteiger partial charge is 0.497 e. The van der Waals surface area contributed by atoms with Gasteiger partial charge in [0.05, 0.1) is 7.11 Å². The van der Waals surface area contributed by atoms with Crippen molar-refractivity contribution in [1.82, 2.24) is 5.32 Å². The van der Waals surface area contributed by atoms with Crippen LogP contribution in [0.25, 0.3) is 0 Å². The fraction of sp³-hybridized carbons (Fsp3) is 0.708. The van der Waals surface area contributed by atoms with Crippen LogP contribution < -0.4 is 10.1 Å². The van der Waals surface area contributed by atoms with Crippen molar-refractivity contribution in [2.24, 2.45) is 0 Å². The number of amides is 1. The van der Waals surface area contributed by atoms with Gasteiger partial charge in [-0.2, -0.15) is 0 Å². The highest BCUT2D eigenvalue weighted by atomic mass is 16.5. The first-order valence-electron chi connectivity index (χ1n) is 11.2. The molecule has 0 spiro atoms. The van der Waals surface area contributed by atoms with Crippen LogP contribution in [0.2, 0.25) is 0 Å². The topological polar surface area (TPSA) is 38.3 Å². The summed E-state index contributed by atoms with van der Waals surface area (Å²) in [5.74, 6) is 0.985. The first kappa shape index (κ1) is 23.5. The Morgan fingerprint density at radius 1 is 0.852 bits per heavy atom. The average Bonchev–Trinajstić information content (AvgIpc) is 2.70. The van der Waals surface area contributed by atoms with Crippen molar-refractivity contribution in [2.45, 2.75) is 103 Å². The van der Waals surface area contributed by atoms with Crippen molar-refractivity contribution < 1.29 is 9.53 Å². The van der Waals surface area contributed by atoms with E-state index in [1.54, 1.807) is 7.11 Å². The van der Waals surface area contributed by atoms with Gasteiger partial charge in [0.2, 0.25) is 5.91 Å². The van der Waals surface area contributed by atoms with Gasteiger partial charge in [0.25, 0.3) is 0 Å². The number of benzene rings is 1. The molecule has 0 radical (unpaired) electrons. The lowest BCUT2D eigenvalue weighted by atomic mass is 10.0. The standard InChI is InChI=1S/C24H41NO2/c1-3-4-5-6-7-8-9-10-11-12-13-14-15-19-24(26)25-21-22-17-16-18-23(20-22)27-2/h16-18,20H,3-15,19,21H2,1-2H3,(H,25,26). The highest BCUT2D eigenvalue weighted by molar-refractivity contribution is 5.75. The molecule has 0 aromatic heterocycles. The Balaban J connectivity index is 1.88. The van der Waals surface area contributed by atoms with Crippen LogP contribution in [-0.2, 0) is 11.3 Å². The van der Waals surface area contributed by atoms with Crippen LogP contribution in [0.5, 0.6) is 5.75 Å². The monoisotopic (exact) mass is 375 g/mol. The maximum Gasteiger partial charge on any atom is 0.220 e. The fourth-order valence-electron chi connectivity index (χ4n) is 3.37. The smallest absolute Gasteiger partial charge is 0.220 e. The third kappa shape index (κ3) is 13.3. The molecule has 0 aliphatic carbocycles. The van der Waals surface area contributed by atoms with Crippen molar-refractivity contribution in [3.63, 3.8) is 0 Å². The Hall–Kier alpha value is -1.51. The molecule has 1 rings (SSSR count).